The molecule has 33 heavy (non-hydrogen) atoms. The molecule has 7 heteroatoms. The second-order valence-corrected chi connectivity index (χ2v) is 9.09. The van der Waals surface area contributed by atoms with Crippen molar-refractivity contribution in [3.05, 3.63) is 66.1 Å². The average molecular weight is 445 g/mol. The van der Waals surface area contributed by atoms with E-state index >= 15 is 0 Å². The van der Waals surface area contributed by atoms with E-state index in [-0.39, 0.29) is 5.91 Å². The van der Waals surface area contributed by atoms with Crippen molar-refractivity contribution in [3.63, 3.8) is 0 Å². The molecule has 7 nitrogen and oxygen atoms in total. The van der Waals surface area contributed by atoms with E-state index in [0.717, 1.165) is 41.8 Å². The molecule has 0 atom stereocenters. The highest BCUT2D eigenvalue weighted by atomic mass is 16.2. The van der Waals surface area contributed by atoms with E-state index in [9.17, 15) is 4.79 Å². The Morgan fingerprint density at radius 2 is 1.64 bits per heavy atom. The summed E-state index contributed by atoms with van der Waals surface area (Å²) >= 11 is 0. The number of nitrogens with one attached hydrogen (secondary N) is 1. The zero-order chi connectivity index (χ0) is 22.6. The minimum Gasteiger partial charge on any atom is -0.353 e. The predicted octanol–water partition coefficient (Wildman–Crippen LogP) is 4.28. The van der Waals surface area contributed by atoms with Crippen LogP contribution in [0.2, 0.25) is 0 Å². The summed E-state index contributed by atoms with van der Waals surface area (Å²) in [6, 6.07) is 14.3. The Labute approximate surface area is 195 Å². The lowest BCUT2D eigenvalue weighted by atomic mass is 9.96. The topological polar surface area (TPSA) is 66.3 Å². The van der Waals surface area contributed by atoms with E-state index in [1.807, 2.05) is 71.2 Å². The second-order valence-electron chi connectivity index (χ2n) is 9.09. The predicted molar refractivity (Wildman–Crippen MR) is 131 cm³/mol. The van der Waals surface area contributed by atoms with Crippen LogP contribution >= 0.6 is 0 Å². The number of anilines is 2. The zero-order valence-corrected chi connectivity index (χ0v) is 19.3. The molecule has 0 spiro atoms. The van der Waals surface area contributed by atoms with E-state index in [0.29, 0.717) is 19.1 Å². The summed E-state index contributed by atoms with van der Waals surface area (Å²) in [6.45, 7) is 4.94. The van der Waals surface area contributed by atoms with Gasteiger partial charge in [0.15, 0.2) is 0 Å². The normalized spacial score (nSPS) is 17.2. The molecule has 0 radical (unpaired) electrons. The zero-order valence-electron chi connectivity index (χ0n) is 19.3. The van der Waals surface area contributed by atoms with E-state index in [2.05, 4.69) is 15.2 Å². The molecule has 172 valence electrons. The van der Waals surface area contributed by atoms with Crippen LogP contribution in [0.3, 0.4) is 0 Å². The van der Waals surface area contributed by atoms with Crippen LogP contribution in [0, 0.1) is 6.92 Å². The second kappa shape index (κ2) is 9.65. The maximum atomic E-state index is 13.0. The Bertz CT molecular complexity index is 1060. The lowest BCUT2D eigenvalue weighted by Crippen LogP contribution is -2.49. The van der Waals surface area contributed by atoms with Gasteiger partial charge in [0.1, 0.15) is 5.82 Å². The van der Waals surface area contributed by atoms with Crippen LogP contribution in [0.15, 0.2) is 54.9 Å². The SMILES string of the molecule is Cc1cc(N2CCN(C(=O)c3ccc(-n4cccc4)cc3)CC2)nc(NC2CCCCC2)n1. The number of hydrogen-bond acceptors (Lipinski definition) is 5. The number of piperazine rings is 1. The van der Waals surface area contributed by atoms with Crippen molar-refractivity contribution in [1.29, 1.82) is 0 Å². The van der Waals surface area contributed by atoms with Gasteiger partial charge < -0.3 is 19.7 Å². The van der Waals surface area contributed by atoms with Crippen molar-refractivity contribution in [2.75, 3.05) is 36.4 Å². The monoisotopic (exact) mass is 444 g/mol. The third kappa shape index (κ3) is 5.02. The number of aryl methyl sites for hydroxylation is 1. The lowest BCUT2D eigenvalue weighted by Gasteiger charge is -2.35. The molecule has 2 aromatic heterocycles. The Hall–Kier alpha value is -3.35. The number of aromatic nitrogens is 3. The average Bonchev–Trinajstić information content (AvgIpc) is 3.39. The first-order valence-corrected chi connectivity index (χ1v) is 12.1. The van der Waals surface area contributed by atoms with Gasteiger partial charge >= 0.3 is 0 Å². The molecule has 0 unspecified atom stereocenters. The molecule has 1 amide bonds. The number of benzene rings is 1. The molecule has 0 bridgehead atoms. The number of carbonyl (C=O) groups excluding carboxylic acids is 1. The summed E-state index contributed by atoms with van der Waals surface area (Å²) in [4.78, 5) is 26.7. The van der Waals surface area contributed by atoms with Gasteiger partial charge in [-0.25, -0.2) is 4.98 Å². The summed E-state index contributed by atoms with van der Waals surface area (Å²) in [5.74, 6) is 1.77. The van der Waals surface area contributed by atoms with Gasteiger partial charge in [0.2, 0.25) is 5.95 Å². The molecule has 3 aromatic rings. The number of nitrogens with zero attached hydrogens (tertiary/aromatic N) is 5. The molecular formula is C26H32N6O. The van der Waals surface area contributed by atoms with Crippen molar-refractivity contribution in [2.24, 2.45) is 0 Å². The summed E-state index contributed by atoms with van der Waals surface area (Å²) in [6.07, 6.45) is 10.3. The van der Waals surface area contributed by atoms with Crippen LogP contribution in [0.1, 0.15) is 48.2 Å². The van der Waals surface area contributed by atoms with Gasteiger partial charge in [-0.1, -0.05) is 19.3 Å². The Kier molecular flexibility index (Phi) is 6.28. The third-order valence-corrected chi connectivity index (χ3v) is 6.69. The summed E-state index contributed by atoms with van der Waals surface area (Å²) in [5.41, 5.74) is 2.76. The van der Waals surface area contributed by atoms with Gasteiger partial charge in [-0.15, -0.1) is 0 Å². The van der Waals surface area contributed by atoms with E-state index in [1.54, 1.807) is 0 Å². The smallest absolute Gasteiger partial charge is 0.253 e. The Balaban J connectivity index is 1.20. The highest BCUT2D eigenvalue weighted by Gasteiger charge is 2.24. The molecule has 1 N–H and O–H groups in total. The van der Waals surface area contributed by atoms with Crippen molar-refractivity contribution < 1.29 is 4.79 Å². The number of amides is 1. The van der Waals surface area contributed by atoms with Crippen LogP contribution < -0.4 is 10.2 Å². The molecule has 2 aliphatic rings. The molecule has 5 rings (SSSR count). The highest BCUT2D eigenvalue weighted by molar-refractivity contribution is 5.94. The standard InChI is InChI=1S/C26H32N6O/c1-20-19-24(29-26(27-20)28-22-7-3-2-4-8-22)31-15-17-32(18-16-31)25(33)21-9-11-23(12-10-21)30-13-5-6-14-30/h5-6,9-14,19,22H,2-4,7-8,15-18H2,1H3,(H,27,28,29). The summed E-state index contributed by atoms with van der Waals surface area (Å²) < 4.78 is 2.04. The fourth-order valence-electron chi connectivity index (χ4n) is 4.81. The molecular weight excluding hydrogens is 412 g/mol. The van der Waals surface area contributed by atoms with Crippen LogP contribution in [0.4, 0.5) is 11.8 Å². The number of carbonyl (C=O) groups is 1. The third-order valence-electron chi connectivity index (χ3n) is 6.69. The Morgan fingerprint density at radius 3 is 2.33 bits per heavy atom. The van der Waals surface area contributed by atoms with Crippen LogP contribution in [0.25, 0.3) is 5.69 Å². The molecule has 1 aliphatic heterocycles. The summed E-state index contributed by atoms with van der Waals surface area (Å²) in [7, 11) is 0. The highest BCUT2D eigenvalue weighted by Crippen LogP contribution is 2.23. The Morgan fingerprint density at radius 1 is 0.939 bits per heavy atom. The van der Waals surface area contributed by atoms with Gasteiger partial charge in [0.05, 0.1) is 0 Å². The van der Waals surface area contributed by atoms with Gasteiger partial charge in [-0.05, 0) is 56.2 Å². The number of rotatable bonds is 5. The van der Waals surface area contributed by atoms with Crippen LogP contribution in [-0.4, -0.2) is 57.6 Å². The summed E-state index contributed by atoms with van der Waals surface area (Å²) in [5, 5.41) is 3.55. The van der Waals surface area contributed by atoms with Crippen molar-refractivity contribution in [3.8, 4) is 5.69 Å². The molecule has 1 aliphatic carbocycles. The molecule has 1 saturated carbocycles. The van der Waals surface area contributed by atoms with Crippen molar-refractivity contribution in [2.45, 2.75) is 45.1 Å². The van der Waals surface area contributed by atoms with Gasteiger partial charge in [0.25, 0.3) is 5.91 Å². The van der Waals surface area contributed by atoms with Crippen molar-refractivity contribution >= 4 is 17.7 Å². The van der Waals surface area contributed by atoms with E-state index < -0.39 is 0 Å². The van der Waals surface area contributed by atoms with E-state index in [1.165, 1.54) is 32.1 Å². The maximum Gasteiger partial charge on any atom is 0.253 e. The van der Waals surface area contributed by atoms with Gasteiger partial charge in [0, 0.05) is 67.6 Å². The first-order chi connectivity index (χ1) is 16.2. The quantitative estimate of drug-likeness (QED) is 0.636. The van der Waals surface area contributed by atoms with Crippen molar-refractivity contribution in [1.82, 2.24) is 19.4 Å². The van der Waals surface area contributed by atoms with E-state index in [4.69, 9.17) is 4.98 Å². The maximum absolute atomic E-state index is 13.0. The van der Waals surface area contributed by atoms with Crippen LogP contribution in [0.5, 0.6) is 0 Å². The molecule has 3 heterocycles. The minimum atomic E-state index is 0.0900. The minimum absolute atomic E-state index is 0.0900. The van der Waals surface area contributed by atoms with Gasteiger partial charge in [-0.2, -0.15) is 4.98 Å². The van der Waals surface area contributed by atoms with Gasteiger partial charge in [-0.3, -0.25) is 4.79 Å². The number of hydrogen-bond donors (Lipinski definition) is 1. The fraction of sp³-hybridized carbons (Fsp3) is 0.423. The molecule has 1 saturated heterocycles. The largest absolute Gasteiger partial charge is 0.353 e. The first kappa shape index (κ1) is 21.5. The lowest BCUT2D eigenvalue weighted by molar-refractivity contribution is 0.0746. The molecule has 1 aromatic carbocycles. The fourth-order valence-corrected chi connectivity index (χ4v) is 4.81. The first-order valence-electron chi connectivity index (χ1n) is 12.1. The van der Waals surface area contributed by atoms with Crippen LogP contribution in [-0.2, 0) is 0 Å². The molecule has 2 fully saturated rings.